The van der Waals surface area contributed by atoms with Gasteiger partial charge < -0.3 is 4.74 Å². The molecule has 0 unspecified atom stereocenters. The van der Waals surface area contributed by atoms with Gasteiger partial charge in [-0.2, -0.15) is 5.10 Å². The van der Waals surface area contributed by atoms with Crippen LogP contribution >= 0.6 is 22.9 Å². The zero-order valence-electron chi connectivity index (χ0n) is 12.0. The second-order valence-electron chi connectivity index (χ2n) is 4.64. The highest BCUT2D eigenvalue weighted by Crippen LogP contribution is 2.21. The van der Waals surface area contributed by atoms with E-state index in [4.69, 9.17) is 16.3 Å². The molecule has 0 fully saturated rings. The predicted molar refractivity (Wildman–Crippen MR) is 81.0 cm³/mol. The van der Waals surface area contributed by atoms with Crippen LogP contribution in [-0.4, -0.2) is 28.1 Å². The molecular formula is C14H15ClN2O3S. The Bertz CT molecular complexity index is 690. The van der Waals surface area contributed by atoms with Crippen molar-refractivity contribution >= 4 is 34.7 Å². The van der Waals surface area contributed by atoms with Crippen molar-refractivity contribution in [1.29, 1.82) is 0 Å². The number of carbonyl (C=O) groups excluding carboxylic acids is 2. The molecular weight excluding hydrogens is 312 g/mol. The number of Topliss-reactive ketones (excluding diaryl/α,β-unsaturated/α-hetero) is 1. The Balaban J connectivity index is 1.92. The average Bonchev–Trinajstić information content (AvgIpc) is 2.96. The van der Waals surface area contributed by atoms with Crippen LogP contribution in [0.3, 0.4) is 0 Å². The Hall–Kier alpha value is -1.66. The van der Waals surface area contributed by atoms with Crippen molar-refractivity contribution in [3.8, 4) is 0 Å². The van der Waals surface area contributed by atoms with Crippen LogP contribution in [0.2, 0.25) is 4.34 Å². The Morgan fingerprint density at radius 1 is 1.38 bits per heavy atom. The normalized spacial score (nSPS) is 10.7. The van der Waals surface area contributed by atoms with E-state index in [1.165, 1.54) is 11.3 Å². The smallest absolute Gasteiger partial charge is 0.310 e. The Morgan fingerprint density at radius 3 is 2.62 bits per heavy atom. The highest BCUT2D eigenvalue weighted by atomic mass is 35.5. The highest BCUT2D eigenvalue weighted by molar-refractivity contribution is 7.18. The van der Waals surface area contributed by atoms with E-state index < -0.39 is 5.97 Å². The molecule has 2 rings (SSSR count). The molecule has 2 aromatic heterocycles. The van der Waals surface area contributed by atoms with E-state index >= 15 is 0 Å². The van der Waals surface area contributed by atoms with Gasteiger partial charge in [0.1, 0.15) is 0 Å². The topological polar surface area (TPSA) is 61.2 Å². The number of aryl methyl sites for hydroxylation is 2. The summed E-state index contributed by atoms with van der Waals surface area (Å²) in [5.41, 5.74) is 2.55. The van der Waals surface area contributed by atoms with E-state index in [2.05, 4.69) is 5.10 Å². The molecule has 21 heavy (non-hydrogen) atoms. The first-order valence-electron chi connectivity index (χ1n) is 6.31. The summed E-state index contributed by atoms with van der Waals surface area (Å²) in [5.74, 6) is -0.690. The summed E-state index contributed by atoms with van der Waals surface area (Å²) in [7, 11) is 1.82. The molecule has 0 bridgehead atoms. The van der Waals surface area contributed by atoms with Gasteiger partial charge in [-0.15, -0.1) is 11.3 Å². The van der Waals surface area contributed by atoms with E-state index in [1.54, 1.807) is 16.8 Å². The molecule has 0 aliphatic carbocycles. The number of rotatable bonds is 5. The third-order valence-electron chi connectivity index (χ3n) is 3.19. The molecule has 112 valence electrons. The number of thiophene rings is 1. The van der Waals surface area contributed by atoms with Gasteiger partial charge in [0.05, 0.1) is 21.3 Å². The number of aromatic nitrogens is 2. The van der Waals surface area contributed by atoms with Gasteiger partial charge >= 0.3 is 5.97 Å². The van der Waals surface area contributed by atoms with Crippen LogP contribution in [0.4, 0.5) is 0 Å². The minimum atomic E-state index is -0.440. The van der Waals surface area contributed by atoms with Gasteiger partial charge in [0.15, 0.2) is 6.61 Å². The molecule has 0 saturated heterocycles. The molecule has 0 amide bonds. The SMILES string of the molecule is Cc1nn(C)c(C)c1CC(=O)OCC(=O)c1ccc(Cl)s1. The minimum Gasteiger partial charge on any atom is -0.457 e. The molecule has 0 saturated carbocycles. The number of hydrogen-bond acceptors (Lipinski definition) is 5. The Labute approximate surface area is 131 Å². The Kier molecular flexibility index (Phi) is 4.80. The molecule has 2 heterocycles. The molecule has 0 spiro atoms. The lowest BCUT2D eigenvalue weighted by atomic mass is 10.1. The maximum absolute atomic E-state index is 11.8. The van der Waals surface area contributed by atoms with E-state index in [1.807, 2.05) is 20.9 Å². The van der Waals surface area contributed by atoms with Crippen molar-refractivity contribution in [3.05, 3.63) is 38.3 Å². The molecule has 0 atom stereocenters. The van der Waals surface area contributed by atoms with Crippen molar-refractivity contribution < 1.29 is 14.3 Å². The monoisotopic (exact) mass is 326 g/mol. The lowest BCUT2D eigenvalue weighted by molar-refractivity contribution is -0.141. The average molecular weight is 327 g/mol. The van der Waals surface area contributed by atoms with Crippen LogP contribution in [0.25, 0.3) is 0 Å². The lowest BCUT2D eigenvalue weighted by Gasteiger charge is -2.04. The van der Waals surface area contributed by atoms with Crippen LogP contribution < -0.4 is 0 Å². The van der Waals surface area contributed by atoms with Crippen molar-refractivity contribution in [2.24, 2.45) is 7.05 Å². The number of hydrogen-bond donors (Lipinski definition) is 0. The van der Waals surface area contributed by atoms with E-state index in [-0.39, 0.29) is 18.8 Å². The second kappa shape index (κ2) is 6.41. The number of nitrogens with zero attached hydrogens (tertiary/aromatic N) is 2. The van der Waals surface area contributed by atoms with Gasteiger partial charge in [-0.3, -0.25) is 14.3 Å². The van der Waals surface area contributed by atoms with Crippen molar-refractivity contribution in [2.75, 3.05) is 6.61 Å². The fourth-order valence-corrected chi connectivity index (χ4v) is 2.92. The van der Waals surface area contributed by atoms with Gasteiger partial charge in [0.2, 0.25) is 5.78 Å². The number of halogens is 1. The number of carbonyl (C=O) groups is 2. The van der Waals surface area contributed by atoms with Gasteiger partial charge in [0.25, 0.3) is 0 Å². The fraction of sp³-hybridized carbons (Fsp3) is 0.357. The largest absolute Gasteiger partial charge is 0.457 e. The van der Waals surface area contributed by atoms with Gasteiger partial charge in [-0.25, -0.2) is 0 Å². The first-order chi connectivity index (χ1) is 9.88. The minimum absolute atomic E-state index is 0.115. The summed E-state index contributed by atoms with van der Waals surface area (Å²) in [6.07, 6.45) is 0.115. The van der Waals surface area contributed by atoms with Crippen LogP contribution in [0.15, 0.2) is 12.1 Å². The first kappa shape index (κ1) is 15.7. The third-order valence-corrected chi connectivity index (χ3v) is 4.46. The Morgan fingerprint density at radius 2 is 2.10 bits per heavy atom. The summed E-state index contributed by atoms with van der Waals surface area (Å²) in [5, 5.41) is 4.24. The van der Waals surface area contributed by atoms with Gasteiger partial charge in [-0.05, 0) is 26.0 Å². The van der Waals surface area contributed by atoms with Crippen LogP contribution in [0, 0.1) is 13.8 Å². The summed E-state index contributed by atoms with van der Waals surface area (Å²) in [4.78, 5) is 24.1. The summed E-state index contributed by atoms with van der Waals surface area (Å²) < 4.78 is 7.28. The summed E-state index contributed by atoms with van der Waals surface area (Å²) in [6.45, 7) is 3.46. The standard InChI is InChI=1S/C14H15ClN2O3S/c1-8-10(9(2)17(3)16-8)6-14(19)20-7-11(18)12-4-5-13(15)21-12/h4-5H,6-7H2,1-3H3. The quantitative estimate of drug-likeness (QED) is 0.626. The number of esters is 1. The van der Waals surface area contributed by atoms with Gasteiger partial charge in [-0.1, -0.05) is 11.6 Å². The third kappa shape index (κ3) is 3.71. The summed E-state index contributed by atoms with van der Waals surface area (Å²) in [6, 6.07) is 3.27. The lowest BCUT2D eigenvalue weighted by Crippen LogP contribution is -2.15. The van der Waals surface area contributed by atoms with Gasteiger partial charge in [0, 0.05) is 18.3 Å². The molecule has 0 aromatic carbocycles. The molecule has 5 nitrogen and oxygen atoms in total. The highest BCUT2D eigenvalue weighted by Gasteiger charge is 2.16. The first-order valence-corrected chi connectivity index (χ1v) is 7.51. The molecule has 7 heteroatoms. The molecule has 0 aliphatic heterocycles. The van der Waals surface area contributed by atoms with Crippen LogP contribution in [-0.2, 0) is 23.0 Å². The maximum atomic E-state index is 11.8. The van der Waals surface area contributed by atoms with Crippen LogP contribution in [0.1, 0.15) is 26.6 Å². The number of ether oxygens (including phenoxy) is 1. The molecule has 2 aromatic rings. The van der Waals surface area contributed by atoms with Crippen LogP contribution in [0.5, 0.6) is 0 Å². The zero-order chi connectivity index (χ0) is 15.6. The fourth-order valence-electron chi connectivity index (χ4n) is 1.95. The number of ketones is 1. The molecule has 0 N–H and O–H groups in total. The van der Waals surface area contributed by atoms with E-state index in [9.17, 15) is 9.59 Å². The maximum Gasteiger partial charge on any atom is 0.310 e. The van der Waals surface area contributed by atoms with E-state index in [0.717, 1.165) is 17.0 Å². The predicted octanol–water partition coefficient (Wildman–Crippen LogP) is 2.72. The van der Waals surface area contributed by atoms with Crippen molar-refractivity contribution in [3.63, 3.8) is 0 Å². The molecule has 0 aliphatic rings. The summed E-state index contributed by atoms with van der Waals surface area (Å²) >= 11 is 6.93. The van der Waals surface area contributed by atoms with Crippen molar-refractivity contribution in [2.45, 2.75) is 20.3 Å². The van der Waals surface area contributed by atoms with Crippen molar-refractivity contribution in [1.82, 2.24) is 9.78 Å². The van der Waals surface area contributed by atoms with E-state index in [0.29, 0.717) is 9.21 Å². The second-order valence-corrected chi connectivity index (χ2v) is 6.35. The molecule has 0 radical (unpaired) electrons. The zero-order valence-corrected chi connectivity index (χ0v) is 13.5.